The molecule has 1 aliphatic heterocycles. The summed E-state index contributed by atoms with van der Waals surface area (Å²) in [5.41, 5.74) is 1.61. The van der Waals surface area contributed by atoms with Crippen LogP contribution in [0.1, 0.15) is 49.5 Å². The molecule has 3 heterocycles. The Morgan fingerprint density at radius 1 is 1.32 bits per heavy atom. The van der Waals surface area contributed by atoms with E-state index in [1.165, 1.54) is 0 Å². The summed E-state index contributed by atoms with van der Waals surface area (Å²) in [6.45, 7) is 8.35. The van der Waals surface area contributed by atoms with Crippen LogP contribution in [0, 0.1) is 5.92 Å². The third-order valence-corrected chi connectivity index (χ3v) is 5.18. The van der Waals surface area contributed by atoms with E-state index in [1.54, 1.807) is 29.5 Å². The van der Waals surface area contributed by atoms with Crippen molar-refractivity contribution in [3.63, 3.8) is 0 Å². The lowest BCUT2D eigenvalue weighted by atomic mass is 10.0. The van der Waals surface area contributed by atoms with Gasteiger partial charge in [0.05, 0.1) is 11.8 Å². The molecule has 0 aliphatic carbocycles. The molecule has 2 amide bonds. The van der Waals surface area contributed by atoms with E-state index in [0.717, 1.165) is 24.9 Å². The molecule has 150 valence electrons. The molecule has 3 rings (SSSR count). The van der Waals surface area contributed by atoms with Crippen molar-refractivity contribution >= 4 is 11.8 Å². The highest BCUT2D eigenvalue weighted by Gasteiger charge is 2.32. The van der Waals surface area contributed by atoms with Gasteiger partial charge in [-0.25, -0.2) is 0 Å². The number of carbonyl (C=O) groups is 2. The molecule has 7 heteroatoms. The van der Waals surface area contributed by atoms with Gasteiger partial charge in [-0.1, -0.05) is 19.9 Å². The third kappa shape index (κ3) is 4.58. The second-order valence-electron chi connectivity index (χ2n) is 7.61. The molecule has 1 fully saturated rings. The van der Waals surface area contributed by atoms with Crippen LogP contribution in [0.5, 0.6) is 0 Å². The second kappa shape index (κ2) is 8.99. The normalized spacial score (nSPS) is 17.0. The molecule has 0 radical (unpaired) electrons. The van der Waals surface area contributed by atoms with Crippen molar-refractivity contribution in [2.75, 3.05) is 13.1 Å². The first-order valence-corrected chi connectivity index (χ1v) is 10.0. The van der Waals surface area contributed by atoms with E-state index >= 15 is 0 Å². The van der Waals surface area contributed by atoms with Crippen LogP contribution >= 0.6 is 0 Å². The van der Waals surface area contributed by atoms with Gasteiger partial charge in [0, 0.05) is 56.7 Å². The summed E-state index contributed by atoms with van der Waals surface area (Å²) in [4.78, 5) is 33.8. The first kappa shape index (κ1) is 20.0. The fourth-order valence-corrected chi connectivity index (χ4v) is 3.63. The van der Waals surface area contributed by atoms with Gasteiger partial charge >= 0.3 is 0 Å². The van der Waals surface area contributed by atoms with Gasteiger partial charge in [-0.05, 0) is 31.4 Å². The highest BCUT2D eigenvalue weighted by molar-refractivity contribution is 5.93. The standard InChI is InChI=1S/C21H29N5O2/c1-4-25-14-18(12-23-25)21(28)24-10-6-8-19(15-24)26(20(27)16(2)3)13-17-7-5-9-22-11-17/h5,7,9,11-12,14,16,19H,4,6,8,10,13,15H2,1-3H3. The monoisotopic (exact) mass is 383 g/mol. The zero-order valence-corrected chi connectivity index (χ0v) is 16.9. The molecule has 0 spiro atoms. The van der Waals surface area contributed by atoms with Crippen molar-refractivity contribution in [1.29, 1.82) is 0 Å². The lowest BCUT2D eigenvalue weighted by Gasteiger charge is -2.40. The quantitative estimate of drug-likeness (QED) is 0.769. The minimum absolute atomic E-state index is 0.00836. The molecule has 2 aromatic heterocycles. The molecule has 1 saturated heterocycles. The number of rotatable bonds is 6. The number of pyridine rings is 1. The first-order valence-electron chi connectivity index (χ1n) is 10.0. The Kier molecular flexibility index (Phi) is 6.44. The predicted octanol–water partition coefficient (Wildman–Crippen LogP) is 2.59. The zero-order chi connectivity index (χ0) is 20.1. The number of aromatic nitrogens is 3. The van der Waals surface area contributed by atoms with E-state index in [9.17, 15) is 9.59 Å². The number of hydrogen-bond donors (Lipinski definition) is 0. The minimum Gasteiger partial charge on any atom is -0.336 e. The van der Waals surface area contributed by atoms with Gasteiger partial charge in [-0.3, -0.25) is 19.3 Å². The molecular formula is C21H29N5O2. The highest BCUT2D eigenvalue weighted by Crippen LogP contribution is 2.22. The molecule has 28 heavy (non-hydrogen) atoms. The lowest BCUT2D eigenvalue weighted by molar-refractivity contribution is -0.138. The van der Waals surface area contributed by atoms with Crippen molar-refractivity contribution in [1.82, 2.24) is 24.6 Å². The number of nitrogens with zero attached hydrogens (tertiary/aromatic N) is 5. The Bertz CT molecular complexity index is 802. The molecule has 0 N–H and O–H groups in total. The number of hydrogen-bond acceptors (Lipinski definition) is 4. The van der Waals surface area contributed by atoms with Crippen LogP contribution in [0.2, 0.25) is 0 Å². The van der Waals surface area contributed by atoms with Crippen LogP contribution in [0.25, 0.3) is 0 Å². The van der Waals surface area contributed by atoms with Crippen LogP contribution in [-0.2, 0) is 17.9 Å². The molecule has 0 bridgehead atoms. The van der Waals surface area contributed by atoms with Gasteiger partial charge < -0.3 is 9.80 Å². The fraction of sp³-hybridized carbons (Fsp3) is 0.524. The first-order chi connectivity index (χ1) is 13.5. The summed E-state index contributed by atoms with van der Waals surface area (Å²) in [5.74, 6) is 0.00946. The molecule has 1 aliphatic rings. The maximum Gasteiger partial charge on any atom is 0.257 e. The van der Waals surface area contributed by atoms with Crippen LogP contribution in [-0.4, -0.2) is 55.5 Å². The smallest absolute Gasteiger partial charge is 0.257 e. The van der Waals surface area contributed by atoms with Gasteiger partial charge in [0.2, 0.25) is 5.91 Å². The Hall–Kier alpha value is -2.70. The predicted molar refractivity (Wildman–Crippen MR) is 106 cm³/mol. The molecular weight excluding hydrogens is 354 g/mol. The van der Waals surface area contributed by atoms with E-state index in [2.05, 4.69) is 10.1 Å². The van der Waals surface area contributed by atoms with E-state index in [-0.39, 0.29) is 23.8 Å². The Morgan fingerprint density at radius 2 is 2.14 bits per heavy atom. The summed E-state index contributed by atoms with van der Waals surface area (Å²) in [5, 5.41) is 4.21. The van der Waals surface area contributed by atoms with Crippen molar-refractivity contribution in [3.8, 4) is 0 Å². The zero-order valence-electron chi connectivity index (χ0n) is 16.9. The molecule has 1 atom stereocenters. The average Bonchev–Trinajstić information content (AvgIpc) is 3.21. The van der Waals surface area contributed by atoms with Gasteiger partial charge in [-0.15, -0.1) is 0 Å². The van der Waals surface area contributed by atoms with Crippen molar-refractivity contribution in [2.24, 2.45) is 5.92 Å². The van der Waals surface area contributed by atoms with E-state index in [4.69, 9.17) is 0 Å². The van der Waals surface area contributed by atoms with Crippen LogP contribution in [0.15, 0.2) is 36.9 Å². The summed E-state index contributed by atoms with van der Waals surface area (Å²) in [6, 6.07) is 3.88. The molecule has 1 unspecified atom stereocenters. The van der Waals surface area contributed by atoms with E-state index in [1.807, 2.05) is 42.7 Å². The Labute approximate surface area is 166 Å². The second-order valence-corrected chi connectivity index (χ2v) is 7.61. The number of likely N-dealkylation sites (tertiary alicyclic amines) is 1. The number of amides is 2. The number of aryl methyl sites for hydroxylation is 1. The number of piperidine rings is 1. The summed E-state index contributed by atoms with van der Waals surface area (Å²) in [6.07, 6.45) is 8.73. The van der Waals surface area contributed by atoms with Crippen molar-refractivity contribution in [2.45, 2.75) is 52.7 Å². The van der Waals surface area contributed by atoms with Gasteiger partial charge in [0.15, 0.2) is 0 Å². The SMILES string of the molecule is CCn1cc(C(=O)N2CCCC(N(Cc3cccnc3)C(=O)C(C)C)C2)cn1. The van der Waals surface area contributed by atoms with E-state index < -0.39 is 0 Å². The van der Waals surface area contributed by atoms with Gasteiger partial charge in [0.25, 0.3) is 5.91 Å². The highest BCUT2D eigenvalue weighted by atomic mass is 16.2. The Morgan fingerprint density at radius 3 is 2.79 bits per heavy atom. The lowest BCUT2D eigenvalue weighted by Crippen LogP contribution is -2.52. The van der Waals surface area contributed by atoms with Crippen LogP contribution < -0.4 is 0 Å². The van der Waals surface area contributed by atoms with Crippen LogP contribution in [0.4, 0.5) is 0 Å². The van der Waals surface area contributed by atoms with Gasteiger partial charge in [-0.2, -0.15) is 5.10 Å². The molecule has 0 aromatic carbocycles. The largest absolute Gasteiger partial charge is 0.336 e. The number of carbonyl (C=O) groups excluding carboxylic acids is 2. The molecule has 2 aromatic rings. The average molecular weight is 383 g/mol. The topological polar surface area (TPSA) is 71.3 Å². The van der Waals surface area contributed by atoms with Gasteiger partial charge in [0.1, 0.15) is 0 Å². The van der Waals surface area contributed by atoms with E-state index in [0.29, 0.717) is 25.2 Å². The fourth-order valence-electron chi connectivity index (χ4n) is 3.63. The maximum atomic E-state index is 12.9. The summed E-state index contributed by atoms with van der Waals surface area (Å²) >= 11 is 0. The van der Waals surface area contributed by atoms with Crippen molar-refractivity contribution in [3.05, 3.63) is 48.0 Å². The Balaban J connectivity index is 1.76. The minimum atomic E-state index is -0.0921. The summed E-state index contributed by atoms with van der Waals surface area (Å²) < 4.78 is 1.76. The van der Waals surface area contributed by atoms with Crippen LogP contribution in [0.3, 0.4) is 0 Å². The maximum absolute atomic E-state index is 12.9. The van der Waals surface area contributed by atoms with Crippen molar-refractivity contribution < 1.29 is 9.59 Å². The molecule has 7 nitrogen and oxygen atoms in total. The molecule has 0 saturated carbocycles. The third-order valence-electron chi connectivity index (χ3n) is 5.18. The summed E-state index contributed by atoms with van der Waals surface area (Å²) in [7, 11) is 0.